The minimum absolute atomic E-state index is 0.0380. The first-order valence-corrected chi connectivity index (χ1v) is 5.99. The van der Waals surface area contributed by atoms with Crippen LogP contribution in [0.15, 0.2) is 42.7 Å². The van der Waals surface area contributed by atoms with Gasteiger partial charge in [0.15, 0.2) is 0 Å². The topological polar surface area (TPSA) is 68.1 Å². The Hall–Kier alpha value is -2.43. The molecular weight excluding hydrogens is 242 g/mol. The van der Waals surface area contributed by atoms with E-state index in [9.17, 15) is 10.1 Å². The number of anilines is 1. The zero-order valence-electron chi connectivity index (χ0n) is 10.8. The average Bonchev–Trinajstić information content (AvgIpc) is 2.41. The second-order valence-electron chi connectivity index (χ2n) is 4.41. The third kappa shape index (κ3) is 3.07. The van der Waals surface area contributed by atoms with Crippen LogP contribution in [0.4, 0.5) is 11.4 Å². The fraction of sp³-hybridized carbons (Fsp3) is 0.214. The first-order chi connectivity index (χ1) is 9.08. The summed E-state index contributed by atoms with van der Waals surface area (Å²) in [5.41, 5.74) is 2.55. The van der Waals surface area contributed by atoms with Gasteiger partial charge >= 0.3 is 0 Å². The van der Waals surface area contributed by atoms with Crippen LogP contribution in [0.3, 0.4) is 0 Å². The van der Waals surface area contributed by atoms with E-state index in [-0.39, 0.29) is 16.7 Å². The number of nitro groups is 1. The van der Waals surface area contributed by atoms with Crippen LogP contribution < -0.4 is 5.32 Å². The van der Waals surface area contributed by atoms with Crippen LogP contribution in [0.25, 0.3) is 0 Å². The molecule has 0 bridgehead atoms. The Bertz CT molecular complexity index is 584. The number of nitro benzene ring substituents is 1. The lowest BCUT2D eigenvalue weighted by Gasteiger charge is -2.15. The Morgan fingerprint density at radius 2 is 2.16 bits per heavy atom. The Labute approximate surface area is 111 Å². The van der Waals surface area contributed by atoms with Crippen LogP contribution in [0.5, 0.6) is 0 Å². The molecule has 1 unspecified atom stereocenters. The highest BCUT2D eigenvalue weighted by Crippen LogP contribution is 2.25. The summed E-state index contributed by atoms with van der Waals surface area (Å²) >= 11 is 0. The van der Waals surface area contributed by atoms with Crippen molar-refractivity contribution >= 4 is 11.4 Å². The molecule has 0 amide bonds. The Kier molecular flexibility index (Phi) is 3.75. The normalized spacial score (nSPS) is 11.9. The number of nitrogens with zero attached hydrogens (tertiary/aromatic N) is 2. The number of rotatable bonds is 4. The van der Waals surface area contributed by atoms with Crippen LogP contribution in [-0.4, -0.2) is 9.91 Å². The zero-order valence-corrected chi connectivity index (χ0v) is 10.8. The number of hydrogen-bond acceptors (Lipinski definition) is 4. The smallest absolute Gasteiger partial charge is 0.274 e. The van der Waals surface area contributed by atoms with Crippen LogP contribution in [0, 0.1) is 17.0 Å². The van der Waals surface area contributed by atoms with E-state index in [0.717, 1.165) is 11.3 Å². The molecule has 1 N–H and O–H groups in total. The average molecular weight is 257 g/mol. The third-order valence-electron chi connectivity index (χ3n) is 2.97. The van der Waals surface area contributed by atoms with Crippen molar-refractivity contribution in [2.45, 2.75) is 19.9 Å². The highest BCUT2D eigenvalue weighted by atomic mass is 16.6. The van der Waals surface area contributed by atoms with Gasteiger partial charge in [-0.05, 0) is 31.5 Å². The minimum atomic E-state index is -0.366. The number of pyridine rings is 1. The first-order valence-electron chi connectivity index (χ1n) is 5.99. The largest absolute Gasteiger partial charge is 0.378 e. The lowest BCUT2D eigenvalue weighted by atomic mass is 10.1. The molecule has 0 aliphatic heterocycles. The molecule has 1 aromatic heterocycles. The number of aromatic nitrogens is 1. The van der Waals surface area contributed by atoms with E-state index >= 15 is 0 Å². The summed E-state index contributed by atoms with van der Waals surface area (Å²) in [6.07, 6.45) is 3.49. The van der Waals surface area contributed by atoms with Gasteiger partial charge in [-0.3, -0.25) is 15.1 Å². The molecule has 0 aliphatic carbocycles. The van der Waals surface area contributed by atoms with Crippen molar-refractivity contribution in [3.63, 3.8) is 0 Å². The molecule has 0 spiro atoms. The van der Waals surface area contributed by atoms with Crippen LogP contribution in [-0.2, 0) is 0 Å². The van der Waals surface area contributed by atoms with Gasteiger partial charge < -0.3 is 5.32 Å². The van der Waals surface area contributed by atoms with Crippen molar-refractivity contribution in [2.24, 2.45) is 0 Å². The fourth-order valence-corrected chi connectivity index (χ4v) is 1.86. The van der Waals surface area contributed by atoms with Crippen molar-refractivity contribution in [1.29, 1.82) is 0 Å². The van der Waals surface area contributed by atoms with E-state index in [1.54, 1.807) is 31.5 Å². The number of aryl methyl sites for hydroxylation is 1. The van der Waals surface area contributed by atoms with Crippen molar-refractivity contribution in [1.82, 2.24) is 4.98 Å². The first kappa shape index (κ1) is 13.0. The molecule has 5 nitrogen and oxygen atoms in total. The predicted molar refractivity (Wildman–Crippen MR) is 74.1 cm³/mol. The fourth-order valence-electron chi connectivity index (χ4n) is 1.86. The maximum Gasteiger partial charge on any atom is 0.274 e. The van der Waals surface area contributed by atoms with E-state index in [2.05, 4.69) is 10.3 Å². The standard InChI is InChI=1S/C14H15N3O2/c1-10-5-6-13(8-14(10)17(18)19)16-11(2)12-4-3-7-15-9-12/h3-9,11,16H,1-2H3. The van der Waals surface area contributed by atoms with Crippen LogP contribution in [0.2, 0.25) is 0 Å². The highest BCUT2D eigenvalue weighted by Gasteiger charge is 2.12. The molecule has 1 atom stereocenters. The molecule has 98 valence electrons. The molecule has 2 rings (SSSR count). The summed E-state index contributed by atoms with van der Waals surface area (Å²) in [6, 6.07) is 9.02. The summed E-state index contributed by atoms with van der Waals surface area (Å²) in [7, 11) is 0. The molecule has 0 saturated carbocycles. The molecule has 1 heterocycles. The molecule has 0 saturated heterocycles. The van der Waals surface area contributed by atoms with Gasteiger partial charge in [0.25, 0.3) is 5.69 Å². The summed E-state index contributed by atoms with van der Waals surface area (Å²) < 4.78 is 0. The van der Waals surface area contributed by atoms with Gasteiger partial charge in [-0.1, -0.05) is 12.1 Å². The summed E-state index contributed by atoms with van der Waals surface area (Å²) in [6.45, 7) is 3.72. The summed E-state index contributed by atoms with van der Waals surface area (Å²) in [5, 5.41) is 14.1. The molecular formula is C14H15N3O2. The molecule has 2 aromatic rings. The molecule has 1 aromatic carbocycles. The minimum Gasteiger partial charge on any atom is -0.378 e. The highest BCUT2D eigenvalue weighted by molar-refractivity contribution is 5.55. The molecule has 19 heavy (non-hydrogen) atoms. The molecule has 0 radical (unpaired) electrons. The van der Waals surface area contributed by atoms with E-state index in [4.69, 9.17) is 0 Å². The maximum atomic E-state index is 10.9. The van der Waals surface area contributed by atoms with E-state index in [1.165, 1.54) is 0 Å². The molecule has 0 fully saturated rings. The van der Waals surface area contributed by atoms with Gasteiger partial charge in [0.1, 0.15) is 0 Å². The zero-order chi connectivity index (χ0) is 13.8. The van der Waals surface area contributed by atoms with Gasteiger partial charge in [-0.25, -0.2) is 0 Å². The Morgan fingerprint density at radius 1 is 1.37 bits per heavy atom. The Balaban J connectivity index is 2.20. The van der Waals surface area contributed by atoms with Crippen molar-refractivity contribution in [3.05, 3.63) is 64.0 Å². The number of benzene rings is 1. The van der Waals surface area contributed by atoms with E-state index in [1.807, 2.05) is 25.1 Å². The lowest BCUT2D eigenvalue weighted by molar-refractivity contribution is -0.385. The number of hydrogen-bond donors (Lipinski definition) is 1. The molecule has 5 heteroatoms. The van der Waals surface area contributed by atoms with Gasteiger partial charge in [0.05, 0.1) is 11.0 Å². The summed E-state index contributed by atoms with van der Waals surface area (Å²) in [4.78, 5) is 14.6. The third-order valence-corrected chi connectivity index (χ3v) is 2.97. The van der Waals surface area contributed by atoms with Gasteiger partial charge in [-0.2, -0.15) is 0 Å². The second-order valence-corrected chi connectivity index (χ2v) is 4.41. The quantitative estimate of drug-likeness (QED) is 0.672. The Morgan fingerprint density at radius 3 is 2.79 bits per heavy atom. The number of nitrogens with one attached hydrogen (secondary N) is 1. The summed E-state index contributed by atoms with van der Waals surface area (Å²) in [5.74, 6) is 0. The second kappa shape index (κ2) is 5.48. The maximum absolute atomic E-state index is 10.9. The predicted octanol–water partition coefficient (Wildman–Crippen LogP) is 3.47. The van der Waals surface area contributed by atoms with Crippen molar-refractivity contribution < 1.29 is 4.92 Å². The van der Waals surface area contributed by atoms with E-state index in [0.29, 0.717) is 5.56 Å². The van der Waals surface area contributed by atoms with Gasteiger partial charge in [0.2, 0.25) is 0 Å². The van der Waals surface area contributed by atoms with Crippen LogP contribution in [0.1, 0.15) is 24.1 Å². The molecule has 0 aliphatic rings. The van der Waals surface area contributed by atoms with Crippen molar-refractivity contribution in [2.75, 3.05) is 5.32 Å². The monoisotopic (exact) mass is 257 g/mol. The van der Waals surface area contributed by atoms with Gasteiger partial charge in [0, 0.05) is 29.7 Å². The van der Waals surface area contributed by atoms with Gasteiger partial charge in [-0.15, -0.1) is 0 Å². The van der Waals surface area contributed by atoms with E-state index < -0.39 is 0 Å². The van der Waals surface area contributed by atoms with Crippen LogP contribution >= 0.6 is 0 Å². The van der Waals surface area contributed by atoms with Crippen molar-refractivity contribution in [3.8, 4) is 0 Å². The SMILES string of the molecule is Cc1ccc(NC(C)c2cccnc2)cc1[N+](=O)[O-]. The lowest BCUT2D eigenvalue weighted by Crippen LogP contribution is -2.07.